The van der Waals surface area contributed by atoms with E-state index in [2.05, 4.69) is 21.9 Å². The van der Waals surface area contributed by atoms with Crippen LogP contribution in [0.15, 0.2) is 18.2 Å². The van der Waals surface area contributed by atoms with Crippen LogP contribution in [0.2, 0.25) is 0 Å². The Labute approximate surface area is 186 Å². The highest BCUT2D eigenvalue weighted by Crippen LogP contribution is 2.28. The molecule has 0 spiro atoms. The number of sulfonamides is 1. The van der Waals surface area contributed by atoms with Gasteiger partial charge in [-0.15, -0.1) is 5.92 Å². The number of hydrogen-bond acceptors (Lipinski definition) is 5. The fourth-order valence-corrected chi connectivity index (χ4v) is 4.54. The second-order valence-electron chi connectivity index (χ2n) is 7.79. The quantitative estimate of drug-likeness (QED) is 0.535. The van der Waals surface area contributed by atoms with Gasteiger partial charge in [-0.1, -0.05) is 38.2 Å². The molecule has 1 unspecified atom stereocenters. The molecule has 2 N–H and O–H groups in total. The Morgan fingerprint density at radius 2 is 1.94 bits per heavy atom. The van der Waals surface area contributed by atoms with Gasteiger partial charge in [0.25, 0.3) is 0 Å². The van der Waals surface area contributed by atoms with E-state index in [0.29, 0.717) is 31.1 Å². The van der Waals surface area contributed by atoms with Gasteiger partial charge in [0.05, 0.1) is 13.4 Å². The van der Waals surface area contributed by atoms with Crippen molar-refractivity contribution in [1.82, 2.24) is 10.0 Å². The number of benzene rings is 1. The van der Waals surface area contributed by atoms with Crippen LogP contribution in [0.1, 0.15) is 51.0 Å². The molecule has 1 fully saturated rings. The maximum Gasteiger partial charge on any atom is 0.238 e. The van der Waals surface area contributed by atoms with E-state index < -0.39 is 16.1 Å². The zero-order chi connectivity index (χ0) is 22.7. The number of ether oxygens (including phenoxy) is 2. The highest BCUT2D eigenvalue weighted by Gasteiger charge is 2.31. The van der Waals surface area contributed by atoms with E-state index in [1.807, 2.05) is 25.1 Å². The first-order valence-corrected chi connectivity index (χ1v) is 12.7. The van der Waals surface area contributed by atoms with E-state index in [1.165, 1.54) is 0 Å². The van der Waals surface area contributed by atoms with Gasteiger partial charge < -0.3 is 14.8 Å². The smallest absolute Gasteiger partial charge is 0.238 e. The monoisotopic (exact) mass is 450 g/mol. The first kappa shape index (κ1) is 25.0. The second-order valence-corrected chi connectivity index (χ2v) is 9.57. The minimum atomic E-state index is -3.47. The van der Waals surface area contributed by atoms with Crippen LogP contribution < -0.4 is 19.5 Å². The normalized spacial score (nSPS) is 15.5. The summed E-state index contributed by atoms with van der Waals surface area (Å²) in [6.45, 7) is 2.68. The summed E-state index contributed by atoms with van der Waals surface area (Å²) in [5.74, 6) is 6.88. The van der Waals surface area contributed by atoms with Crippen LogP contribution in [0, 0.1) is 17.8 Å². The van der Waals surface area contributed by atoms with Gasteiger partial charge in [0.15, 0.2) is 11.5 Å². The van der Waals surface area contributed by atoms with E-state index >= 15 is 0 Å². The van der Waals surface area contributed by atoms with Crippen LogP contribution in [0.25, 0.3) is 0 Å². The lowest BCUT2D eigenvalue weighted by Crippen LogP contribution is -2.51. The summed E-state index contributed by atoms with van der Waals surface area (Å²) >= 11 is 0. The van der Waals surface area contributed by atoms with Crippen molar-refractivity contribution in [2.45, 2.75) is 57.9 Å². The van der Waals surface area contributed by atoms with Crippen LogP contribution in [0.5, 0.6) is 11.5 Å². The average Bonchev–Trinajstić information content (AvgIpc) is 2.75. The molecular weight excluding hydrogens is 416 g/mol. The molecule has 31 heavy (non-hydrogen) atoms. The number of hydrogen-bond donors (Lipinski definition) is 2. The Kier molecular flexibility index (Phi) is 10.2. The molecule has 7 nitrogen and oxygen atoms in total. The molecule has 1 atom stereocenters. The summed E-state index contributed by atoms with van der Waals surface area (Å²) in [7, 11) is -1.89. The molecule has 8 heteroatoms. The van der Waals surface area contributed by atoms with Gasteiger partial charge in [0.1, 0.15) is 12.6 Å². The summed E-state index contributed by atoms with van der Waals surface area (Å²) in [5, 5.41) is 2.90. The van der Waals surface area contributed by atoms with E-state index in [1.54, 1.807) is 7.11 Å². The first-order valence-electron chi connectivity index (χ1n) is 10.8. The number of nitrogens with one attached hydrogen (secondary N) is 2. The molecule has 2 rings (SSSR count). The van der Waals surface area contributed by atoms with E-state index in [4.69, 9.17) is 9.47 Å². The first-order chi connectivity index (χ1) is 14.8. The average molecular weight is 451 g/mol. The van der Waals surface area contributed by atoms with Crippen molar-refractivity contribution in [3.63, 3.8) is 0 Å². The van der Waals surface area contributed by atoms with Crippen molar-refractivity contribution in [3.8, 4) is 23.3 Å². The summed E-state index contributed by atoms with van der Waals surface area (Å²) in [5.41, 5.74) is 0.981. The van der Waals surface area contributed by atoms with Gasteiger partial charge in [-0.25, -0.2) is 13.1 Å². The third kappa shape index (κ3) is 8.80. The van der Waals surface area contributed by atoms with Crippen molar-refractivity contribution >= 4 is 15.9 Å². The second kappa shape index (κ2) is 12.6. The van der Waals surface area contributed by atoms with Gasteiger partial charge in [-0.05, 0) is 42.9 Å². The molecule has 0 radical (unpaired) electrons. The molecule has 1 aliphatic rings. The molecule has 0 saturated heterocycles. The summed E-state index contributed by atoms with van der Waals surface area (Å²) in [6.07, 6.45) is 7.39. The Bertz CT molecular complexity index is 883. The van der Waals surface area contributed by atoms with Crippen molar-refractivity contribution in [3.05, 3.63) is 23.8 Å². The summed E-state index contributed by atoms with van der Waals surface area (Å²) in [4.78, 5) is 12.8. The number of amides is 1. The molecule has 0 bridgehead atoms. The fourth-order valence-electron chi connectivity index (χ4n) is 3.78. The molecule has 1 aromatic rings. The van der Waals surface area contributed by atoms with Crippen LogP contribution in [-0.2, 0) is 21.2 Å². The Morgan fingerprint density at radius 3 is 2.58 bits per heavy atom. The van der Waals surface area contributed by atoms with Crippen LogP contribution >= 0.6 is 0 Å². The third-order valence-corrected chi connectivity index (χ3v) is 5.97. The maximum atomic E-state index is 12.8. The third-order valence-electron chi connectivity index (χ3n) is 5.29. The predicted molar refractivity (Wildman–Crippen MR) is 122 cm³/mol. The maximum absolute atomic E-state index is 12.8. The molecular formula is C23H34N2O5S. The predicted octanol–water partition coefficient (Wildman–Crippen LogP) is 2.64. The lowest BCUT2D eigenvalue weighted by Gasteiger charge is -2.29. The minimum Gasteiger partial charge on any atom is -0.493 e. The largest absolute Gasteiger partial charge is 0.493 e. The van der Waals surface area contributed by atoms with Crippen LogP contribution in [-0.4, -0.2) is 46.9 Å². The molecule has 0 aliphatic heterocycles. The van der Waals surface area contributed by atoms with Crippen LogP contribution in [0.3, 0.4) is 0 Å². The standard InChI is InChI=1S/C23H34N2O5S/c1-4-5-9-16-30-20-13-12-18(17-21(20)29-2)14-15-24-23(26)22(25-31(3,27)28)19-10-7-6-8-11-19/h12-13,17,19,22,25H,4,6-8,10-11,14-16H2,1-3H3,(H,24,26). The highest BCUT2D eigenvalue weighted by molar-refractivity contribution is 7.88. The molecule has 1 aromatic carbocycles. The van der Waals surface area contributed by atoms with E-state index in [9.17, 15) is 13.2 Å². The Morgan fingerprint density at radius 1 is 1.19 bits per heavy atom. The number of methoxy groups -OCH3 is 1. The summed E-state index contributed by atoms with van der Waals surface area (Å²) in [6, 6.07) is 4.91. The summed E-state index contributed by atoms with van der Waals surface area (Å²) < 4.78 is 37.1. The van der Waals surface area contributed by atoms with E-state index in [-0.39, 0.29) is 11.8 Å². The van der Waals surface area contributed by atoms with Crippen molar-refractivity contribution < 1.29 is 22.7 Å². The van der Waals surface area contributed by atoms with E-state index in [0.717, 1.165) is 50.3 Å². The molecule has 1 saturated carbocycles. The zero-order valence-corrected chi connectivity index (χ0v) is 19.5. The SMILES string of the molecule is CCC#CCOc1ccc(CCNC(=O)C(NS(C)(=O)=O)C2CCCCC2)cc1OC. The number of carbonyl (C=O) groups excluding carboxylic acids is 1. The molecule has 1 aliphatic carbocycles. The molecule has 0 heterocycles. The highest BCUT2D eigenvalue weighted by atomic mass is 32.2. The van der Waals surface area contributed by atoms with Gasteiger partial charge in [0.2, 0.25) is 15.9 Å². The number of rotatable bonds is 10. The van der Waals surface area contributed by atoms with Crippen molar-refractivity contribution in [2.75, 3.05) is 26.5 Å². The van der Waals surface area contributed by atoms with Gasteiger partial charge in [0, 0.05) is 13.0 Å². The lowest BCUT2D eigenvalue weighted by atomic mass is 9.84. The van der Waals surface area contributed by atoms with Crippen molar-refractivity contribution in [2.24, 2.45) is 5.92 Å². The van der Waals surface area contributed by atoms with Gasteiger partial charge >= 0.3 is 0 Å². The van der Waals surface area contributed by atoms with Gasteiger partial charge in [-0.3, -0.25) is 4.79 Å². The fraction of sp³-hybridized carbons (Fsp3) is 0.609. The Hall–Kier alpha value is -2.24. The van der Waals surface area contributed by atoms with Gasteiger partial charge in [-0.2, -0.15) is 0 Å². The minimum absolute atomic E-state index is 0.0378. The van der Waals surface area contributed by atoms with Crippen LogP contribution in [0.4, 0.5) is 0 Å². The molecule has 172 valence electrons. The lowest BCUT2D eigenvalue weighted by molar-refractivity contribution is -0.124. The molecule has 0 aromatic heterocycles. The Balaban J connectivity index is 1.94. The zero-order valence-electron chi connectivity index (χ0n) is 18.7. The molecule has 1 amide bonds. The number of carbonyl (C=O) groups is 1. The topological polar surface area (TPSA) is 93.7 Å². The van der Waals surface area contributed by atoms with Crippen molar-refractivity contribution in [1.29, 1.82) is 0 Å².